The molecule has 0 fully saturated rings. The van der Waals surface area contributed by atoms with E-state index >= 15 is 0 Å². The molecule has 0 radical (unpaired) electrons. The van der Waals surface area contributed by atoms with Gasteiger partial charge in [-0.2, -0.15) is 0 Å². The lowest BCUT2D eigenvalue weighted by molar-refractivity contribution is 0.0947. The van der Waals surface area contributed by atoms with E-state index in [1.807, 2.05) is 54.6 Å². The zero-order chi connectivity index (χ0) is 26.6. The normalized spacial score (nSPS) is 12.3. The smallest absolute Gasteiger partial charge is 0.259 e. The number of anilines is 1. The van der Waals surface area contributed by atoms with Gasteiger partial charge in [0.1, 0.15) is 11.5 Å². The van der Waals surface area contributed by atoms with Crippen LogP contribution < -0.4 is 19.7 Å². The monoisotopic (exact) mass is 544 g/mol. The van der Waals surface area contributed by atoms with E-state index in [-0.39, 0.29) is 18.4 Å². The molecule has 0 atom stereocenters. The first-order valence-corrected chi connectivity index (χ1v) is 13.1. The van der Waals surface area contributed by atoms with Crippen LogP contribution in [0.25, 0.3) is 0 Å². The minimum Gasteiger partial charge on any atom is -0.497 e. The highest BCUT2D eigenvalue weighted by atomic mass is 35.5. The SMILES string of the molecule is COc1ccc(OC)c(CNC(=O)c2ccc3c(c2)N(Cc2cccc(Cl)c2)C(=O)c2ccccc2S3)c1. The van der Waals surface area contributed by atoms with Gasteiger partial charge in [-0.3, -0.25) is 9.59 Å². The number of hydrogen-bond acceptors (Lipinski definition) is 5. The Kier molecular flexibility index (Phi) is 7.58. The molecular weight excluding hydrogens is 520 g/mol. The highest BCUT2D eigenvalue weighted by Gasteiger charge is 2.28. The lowest BCUT2D eigenvalue weighted by Crippen LogP contribution is -2.31. The molecule has 0 saturated carbocycles. The van der Waals surface area contributed by atoms with Crippen molar-refractivity contribution >= 4 is 40.9 Å². The summed E-state index contributed by atoms with van der Waals surface area (Å²) in [6.07, 6.45) is 0. The maximum absolute atomic E-state index is 13.8. The van der Waals surface area contributed by atoms with Crippen molar-refractivity contribution < 1.29 is 19.1 Å². The molecule has 1 aliphatic heterocycles. The summed E-state index contributed by atoms with van der Waals surface area (Å²) >= 11 is 7.74. The van der Waals surface area contributed by atoms with E-state index in [2.05, 4.69) is 5.32 Å². The first-order chi connectivity index (χ1) is 18.5. The van der Waals surface area contributed by atoms with Crippen molar-refractivity contribution in [2.24, 2.45) is 0 Å². The summed E-state index contributed by atoms with van der Waals surface area (Å²) in [6, 6.07) is 25.9. The van der Waals surface area contributed by atoms with Crippen LogP contribution in [0.5, 0.6) is 11.5 Å². The first-order valence-electron chi connectivity index (χ1n) is 11.9. The molecule has 8 heteroatoms. The van der Waals surface area contributed by atoms with Crippen LogP contribution in [-0.2, 0) is 13.1 Å². The summed E-state index contributed by atoms with van der Waals surface area (Å²) in [4.78, 5) is 30.5. The Morgan fingerprint density at radius 2 is 1.76 bits per heavy atom. The van der Waals surface area contributed by atoms with E-state index in [0.29, 0.717) is 39.9 Å². The minimum atomic E-state index is -0.264. The summed E-state index contributed by atoms with van der Waals surface area (Å²) < 4.78 is 10.7. The van der Waals surface area contributed by atoms with Crippen LogP contribution in [-0.4, -0.2) is 26.0 Å². The van der Waals surface area contributed by atoms with Gasteiger partial charge in [0.2, 0.25) is 0 Å². The van der Waals surface area contributed by atoms with E-state index in [1.165, 1.54) is 11.8 Å². The molecule has 0 bridgehead atoms. The predicted octanol–water partition coefficient (Wildman–Crippen LogP) is 6.60. The van der Waals surface area contributed by atoms with Crippen molar-refractivity contribution in [2.75, 3.05) is 19.1 Å². The first kappa shape index (κ1) is 25.7. The van der Waals surface area contributed by atoms with Crippen LogP contribution in [0.15, 0.2) is 94.7 Å². The average molecular weight is 545 g/mol. The van der Waals surface area contributed by atoms with Gasteiger partial charge in [0.05, 0.1) is 32.0 Å². The van der Waals surface area contributed by atoms with Gasteiger partial charge in [-0.25, -0.2) is 0 Å². The Bertz CT molecular complexity index is 1520. The maximum atomic E-state index is 13.8. The van der Waals surface area contributed by atoms with Gasteiger partial charge in [0.25, 0.3) is 11.8 Å². The number of halogens is 1. The molecule has 0 saturated heterocycles. The maximum Gasteiger partial charge on any atom is 0.259 e. The molecular formula is C30H25ClN2O4S. The molecule has 1 aliphatic rings. The molecule has 192 valence electrons. The minimum absolute atomic E-state index is 0.134. The van der Waals surface area contributed by atoms with E-state index in [9.17, 15) is 9.59 Å². The summed E-state index contributed by atoms with van der Waals surface area (Å²) in [7, 11) is 3.17. The Morgan fingerprint density at radius 1 is 0.921 bits per heavy atom. The molecule has 0 aliphatic carbocycles. The second-order valence-corrected chi connectivity index (χ2v) is 10.2. The number of benzene rings is 4. The zero-order valence-corrected chi connectivity index (χ0v) is 22.4. The van der Waals surface area contributed by atoms with Crippen molar-refractivity contribution in [3.63, 3.8) is 0 Å². The third kappa shape index (κ3) is 5.35. The number of hydrogen-bond donors (Lipinski definition) is 1. The Morgan fingerprint density at radius 3 is 2.55 bits per heavy atom. The fraction of sp³-hybridized carbons (Fsp3) is 0.133. The van der Waals surface area contributed by atoms with E-state index < -0.39 is 0 Å². The Balaban J connectivity index is 1.47. The number of nitrogens with zero attached hydrogens (tertiary/aromatic N) is 1. The second-order valence-electron chi connectivity index (χ2n) is 8.66. The van der Waals surface area contributed by atoms with Crippen molar-refractivity contribution in [3.8, 4) is 11.5 Å². The molecule has 2 amide bonds. The molecule has 1 heterocycles. The number of rotatable bonds is 7. The fourth-order valence-electron chi connectivity index (χ4n) is 4.33. The zero-order valence-electron chi connectivity index (χ0n) is 20.9. The lowest BCUT2D eigenvalue weighted by Gasteiger charge is -2.24. The number of ether oxygens (including phenoxy) is 2. The number of fused-ring (bicyclic) bond motifs is 2. The van der Waals surface area contributed by atoms with Crippen LogP contribution in [0.4, 0.5) is 5.69 Å². The molecule has 5 rings (SSSR count). The second kappa shape index (κ2) is 11.2. The van der Waals surface area contributed by atoms with Gasteiger partial charge in [0, 0.05) is 32.5 Å². The summed E-state index contributed by atoms with van der Waals surface area (Å²) in [5.41, 5.74) is 3.41. The Labute approximate surface area is 230 Å². The van der Waals surface area contributed by atoms with Crippen LogP contribution in [0.2, 0.25) is 5.02 Å². The third-order valence-electron chi connectivity index (χ3n) is 6.25. The molecule has 6 nitrogen and oxygen atoms in total. The van der Waals surface area contributed by atoms with Gasteiger partial charge in [-0.15, -0.1) is 0 Å². The lowest BCUT2D eigenvalue weighted by atomic mass is 10.1. The molecule has 4 aromatic carbocycles. The standard InChI is InChI=1S/C30H25ClN2O4S/c1-36-23-11-12-26(37-2)21(15-23)17-32-29(34)20-10-13-28-25(16-20)33(18-19-6-5-7-22(31)14-19)30(35)24-8-3-4-9-27(24)38-28/h3-16H,17-18H2,1-2H3,(H,32,34). The third-order valence-corrected chi connectivity index (χ3v) is 7.63. The van der Waals surface area contributed by atoms with Crippen molar-refractivity contribution in [3.05, 3.63) is 112 Å². The molecule has 0 spiro atoms. The number of carbonyl (C=O) groups excluding carboxylic acids is 2. The van der Waals surface area contributed by atoms with Gasteiger partial charge in [0.15, 0.2) is 0 Å². The molecule has 0 unspecified atom stereocenters. The summed E-state index contributed by atoms with van der Waals surface area (Å²) in [5, 5.41) is 3.56. The number of nitrogens with one attached hydrogen (secondary N) is 1. The van der Waals surface area contributed by atoms with Crippen LogP contribution in [0.3, 0.4) is 0 Å². The van der Waals surface area contributed by atoms with Crippen LogP contribution in [0, 0.1) is 0 Å². The molecule has 1 N–H and O–H groups in total. The van der Waals surface area contributed by atoms with Gasteiger partial charge >= 0.3 is 0 Å². The topological polar surface area (TPSA) is 67.9 Å². The summed E-state index contributed by atoms with van der Waals surface area (Å²) in [6.45, 7) is 0.564. The molecule has 4 aromatic rings. The van der Waals surface area contributed by atoms with E-state index in [1.54, 1.807) is 49.5 Å². The average Bonchev–Trinajstić information content (AvgIpc) is 3.05. The number of carbonyl (C=O) groups is 2. The molecule has 38 heavy (non-hydrogen) atoms. The summed E-state index contributed by atoms with van der Waals surface area (Å²) in [5.74, 6) is 0.928. The number of amides is 2. The van der Waals surface area contributed by atoms with Gasteiger partial charge in [-0.05, 0) is 66.2 Å². The highest BCUT2D eigenvalue weighted by molar-refractivity contribution is 7.99. The highest BCUT2D eigenvalue weighted by Crippen LogP contribution is 2.42. The van der Waals surface area contributed by atoms with Crippen LogP contribution in [0.1, 0.15) is 31.8 Å². The quantitative estimate of drug-likeness (QED) is 0.284. The van der Waals surface area contributed by atoms with Gasteiger partial charge in [-0.1, -0.05) is 47.6 Å². The van der Waals surface area contributed by atoms with Crippen molar-refractivity contribution in [2.45, 2.75) is 22.9 Å². The van der Waals surface area contributed by atoms with Gasteiger partial charge < -0.3 is 19.7 Å². The Hall–Kier alpha value is -3.94. The van der Waals surface area contributed by atoms with Crippen molar-refractivity contribution in [1.82, 2.24) is 5.32 Å². The molecule has 0 aromatic heterocycles. The van der Waals surface area contributed by atoms with E-state index in [4.69, 9.17) is 21.1 Å². The largest absolute Gasteiger partial charge is 0.497 e. The number of methoxy groups -OCH3 is 2. The van der Waals surface area contributed by atoms with E-state index in [0.717, 1.165) is 20.9 Å². The predicted molar refractivity (Wildman–Crippen MR) is 150 cm³/mol. The van der Waals surface area contributed by atoms with Crippen molar-refractivity contribution in [1.29, 1.82) is 0 Å². The fourth-order valence-corrected chi connectivity index (χ4v) is 5.61. The van der Waals surface area contributed by atoms with Crippen LogP contribution >= 0.6 is 23.4 Å².